The predicted molar refractivity (Wildman–Crippen MR) is 157 cm³/mol. The van der Waals surface area contributed by atoms with Gasteiger partial charge in [-0.1, -0.05) is 29.3 Å². The maximum absolute atomic E-state index is 12.3. The van der Waals surface area contributed by atoms with Gasteiger partial charge in [-0.2, -0.15) is 0 Å². The summed E-state index contributed by atoms with van der Waals surface area (Å²) >= 11 is 13.4. The number of hydrogen-bond acceptors (Lipinski definition) is 8. The summed E-state index contributed by atoms with van der Waals surface area (Å²) in [5.41, 5.74) is 4.98. The summed E-state index contributed by atoms with van der Waals surface area (Å²) < 4.78 is 12.1. The second-order valence-electron chi connectivity index (χ2n) is 9.54. The number of morpholine rings is 1. The van der Waals surface area contributed by atoms with Gasteiger partial charge in [0, 0.05) is 42.8 Å². The van der Waals surface area contributed by atoms with Gasteiger partial charge in [0.25, 0.3) is 5.91 Å². The van der Waals surface area contributed by atoms with Crippen LogP contribution in [0.15, 0.2) is 36.9 Å². The highest BCUT2D eigenvalue weighted by molar-refractivity contribution is 6.34. The van der Waals surface area contributed by atoms with Crippen LogP contribution in [0.25, 0.3) is 22.3 Å². The zero-order chi connectivity index (χ0) is 28.2. The SMILES string of the molecule is CNC(=O)c1ccc(-c2c(C)c(Cl)cc(C(C)Nc3ncnc4[nH]cnc34)c2OCCN2CCOCC2)cc1Cl. The van der Waals surface area contributed by atoms with Gasteiger partial charge >= 0.3 is 0 Å². The van der Waals surface area contributed by atoms with Gasteiger partial charge < -0.3 is 25.1 Å². The Morgan fingerprint density at radius 1 is 1.18 bits per heavy atom. The third-order valence-electron chi connectivity index (χ3n) is 7.03. The number of ether oxygens (including phenoxy) is 2. The lowest BCUT2D eigenvalue weighted by Crippen LogP contribution is -2.38. The molecule has 1 atom stereocenters. The molecule has 0 radical (unpaired) electrons. The normalized spacial score (nSPS) is 14.7. The van der Waals surface area contributed by atoms with Gasteiger partial charge in [-0.3, -0.25) is 9.69 Å². The van der Waals surface area contributed by atoms with Crippen molar-refractivity contribution < 1.29 is 14.3 Å². The van der Waals surface area contributed by atoms with Crippen LogP contribution in [0.1, 0.15) is 34.5 Å². The van der Waals surface area contributed by atoms with Crippen molar-refractivity contribution >= 4 is 46.1 Å². The number of rotatable bonds is 9. The van der Waals surface area contributed by atoms with E-state index in [4.69, 9.17) is 32.7 Å². The second-order valence-corrected chi connectivity index (χ2v) is 10.4. The molecule has 1 amide bonds. The van der Waals surface area contributed by atoms with Crippen LogP contribution in [0.2, 0.25) is 10.0 Å². The number of carbonyl (C=O) groups is 1. The van der Waals surface area contributed by atoms with E-state index in [2.05, 4.69) is 35.5 Å². The van der Waals surface area contributed by atoms with Crippen LogP contribution in [0.5, 0.6) is 5.75 Å². The van der Waals surface area contributed by atoms with E-state index in [0.717, 1.165) is 41.9 Å². The molecule has 2 aromatic carbocycles. The molecule has 40 heavy (non-hydrogen) atoms. The molecule has 3 heterocycles. The number of H-pyrrole nitrogens is 1. The Morgan fingerprint density at radius 2 is 1.98 bits per heavy atom. The number of carbonyl (C=O) groups excluding carboxylic acids is 1. The number of nitrogens with zero attached hydrogens (tertiary/aromatic N) is 4. The maximum Gasteiger partial charge on any atom is 0.252 e. The summed E-state index contributed by atoms with van der Waals surface area (Å²) in [7, 11) is 1.57. The molecule has 210 valence electrons. The molecule has 1 aliphatic heterocycles. The molecule has 1 unspecified atom stereocenters. The fourth-order valence-corrected chi connectivity index (χ4v) is 5.29. The van der Waals surface area contributed by atoms with Crippen molar-refractivity contribution in [3.05, 3.63) is 63.7 Å². The molecule has 12 heteroatoms. The summed E-state index contributed by atoms with van der Waals surface area (Å²) in [5, 5.41) is 7.00. The Balaban J connectivity index is 1.55. The third kappa shape index (κ3) is 5.85. The van der Waals surface area contributed by atoms with Crippen LogP contribution in [0.3, 0.4) is 0 Å². The van der Waals surface area contributed by atoms with Crippen LogP contribution in [0.4, 0.5) is 5.82 Å². The highest BCUT2D eigenvalue weighted by Gasteiger charge is 2.24. The van der Waals surface area contributed by atoms with Crippen LogP contribution in [0, 0.1) is 6.92 Å². The first-order valence-electron chi connectivity index (χ1n) is 13.1. The molecule has 3 N–H and O–H groups in total. The summed E-state index contributed by atoms with van der Waals surface area (Å²) in [6, 6.07) is 7.02. The van der Waals surface area contributed by atoms with Crippen molar-refractivity contribution in [2.45, 2.75) is 19.9 Å². The average Bonchev–Trinajstić information content (AvgIpc) is 3.45. The van der Waals surface area contributed by atoms with Gasteiger partial charge in [0.15, 0.2) is 11.5 Å². The molecule has 1 aliphatic rings. The molecule has 1 fully saturated rings. The van der Waals surface area contributed by atoms with Crippen LogP contribution < -0.4 is 15.4 Å². The van der Waals surface area contributed by atoms with Crippen LogP contribution in [-0.4, -0.2) is 77.2 Å². The van der Waals surface area contributed by atoms with Crippen molar-refractivity contribution in [3.8, 4) is 16.9 Å². The van der Waals surface area contributed by atoms with Crippen molar-refractivity contribution in [3.63, 3.8) is 0 Å². The van der Waals surface area contributed by atoms with E-state index in [1.54, 1.807) is 25.5 Å². The fraction of sp³-hybridized carbons (Fsp3) is 0.357. The smallest absolute Gasteiger partial charge is 0.252 e. The third-order valence-corrected chi connectivity index (χ3v) is 7.73. The topological polar surface area (TPSA) is 117 Å². The minimum Gasteiger partial charge on any atom is -0.491 e. The molecule has 5 rings (SSSR count). The number of halogens is 2. The van der Waals surface area contributed by atoms with E-state index in [-0.39, 0.29) is 11.9 Å². The average molecular weight is 585 g/mol. The number of aromatic nitrogens is 4. The highest BCUT2D eigenvalue weighted by atomic mass is 35.5. The van der Waals surface area contributed by atoms with Crippen molar-refractivity contribution in [2.75, 3.05) is 51.8 Å². The minimum absolute atomic E-state index is 0.255. The number of amides is 1. The maximum atomic E-state index is 12.3. The Hall–Kier alpha value is -3.44. The first-order chi connectivity index (χ1) is 19.4. The first-order valence-corrected chi connectivity index (χ1v) is 13.8. The van der Waals surface area contributed by atoms with Gasteiger partial charge in [0.2, 0.25) is 0 Å². The van der Waals surface area contributed by atoms with E-state index >= 15 is 0 Å². The summed E-state index contributed by atoms with van der Waals surface area (Å²) in [5.74, 6) is 1.02. The minimum atomic E-state index is -0.259. The number of fused-ring (bicyclic) bond motifs is 1. The van der Waals surface area contributed by atoms with Gasteiger partial charge in [-0.25, -0.2) is 15.0 Å². The van der Waals surface area contributed by atoms with Crippen LogP contribution in [-0.2, 0) is 4.74 Å². The van der Waals surface area contributed by atoms with E-state index in [1.807, 2.05) is 26.0 Å². The van der Waals surface area contributed by atoms with E-state index in [9.17, 15) is 4.79 Å². The van der Waals surface area contributed by atoms with Gasteiger partial charge in [0.1, 0.15) is 24.2 Å². The van der Waals surface area contributed by atoms with Gasteiger partial charge in [-0.15, -0.1) is 0 Å². The molecule has 10 nitrogen and oxygen atoms in total. The summed E-state index contributed by atoms with van der Waals surface area (Å²) in [4.78, 5) is 30.6. The number of nitrogens with one attached hydrogen (secondary N) is 3. The summed E-state index contributed by atoms with van der Waals surface area (Å²) in [6.45, 7) is 8.35. The van der Waals surface area contributed by atoms with Crippen molar-refractivity contribution in [2.24, 2.45) is 0 Å². The van der Waals surface area contributed by atoms with Crippen molar-refractivity contribution in [1.82, 2.24) is 30.2 Å². The van der Waals surface area contributed by atoms with E-state index in [1.165, 1.54) is 6.33 Å². The predicted octanol–water partition coefficient (Wildman–Crippen LogP) is 4.88. The number of aromatic amines is 1. The standard InChI is InChI=1S/C28H31Cl2N7O3/c1-16-21(29)13-20(17(2)36-27-24-26(33-14-32-24)34-15-35-27)25(40-11-8-37-6-9-39-10-7-37)23(16)18-4-5-19(22(30)12-18)28(38)31-3/h4-5,12-15,17H,6-11H2,1-3H3,(H,31,38)(H2,32,33,34,35,36). The Morgan fingerprint density at radius 3 is 2.73 bits per heavy atom. The molecule has 0 spiro atoms. The molecule has 0 saturated carbocycles. The van der Waals surface area contributed by atoms with E-state index in [0.29, 0.717) is 58.2 Å². The lowest BCUT2D eigenvalue weighted by Gasteiger charge is -2.28. The van der Waals surface area contributed by atoms with Gasteiger partial charge in [-0.05, 0) is 43.2 Å². The molecule has 1 saturated heterocycles. The van der Waals surface area contributed by atoms with Gasteiger partial charge in [0.05, 0.1) is 36.2 Å². The Bertz CT molecular complexity index is 1520. The first kappa shape index (κ1) is 28.1. The Labute approximate surface area is 242 Å². The molecule has 0 bridgehead atoms. The monoisotopic (exact) mass is 583 g/mol. The number of anilines is 1. The number of imidazole rings is 1. The second kappa shape index (κ2) is 12.4. The molecule has 2 aromatic heterocycles. The quantitative estimate of drug-likeness (QED) is 0.255. The Kier molecular flexibility index (Phi) is 8.70. The summed E-state index contributed by atoms with van der Waals surface area (Å²) in [6.07, 6.45) is 3.07. The zero-order valence-electron chi connectivity index (χ0n) is 22.6. The fourth-order valence-electron chi connectivity index (χ4n) is 4.81. The zero-order valence-corrected chi connectivity index (χ0v) is 24.1. The molecule has 4 aromatic rings. The lowest BCUT2D eigenvalue weighted by atomic mass is 9.93. The largest absolute Gasteiger partial charge is 0.491 e. The molecular weight excluding hydrogens is 553 g/mol. The van der Waals surface area contributed by atoms with Crippen molar-refractivity contribution in [1.29, 1.82) is 0 Å². The number of benzene rings is 2. The molecular formula is C28H31Cl2N7O3. The highest BCUT2D eigenvalue weighted by Crippen LogP contribution is 2.44. The van der Waals surface area contributed by atoms with Crippen LogP contribution >= 0.6 is 23.2 Å². The van der Waals surface area contributed by atoms with E-state index < -0.39 is 0 Å². The lowest BCUT2D eigenvalue weighted by molar-refractivity contribution is 0.0322. The molecule has 0 aliphatic carbocycles. The number of hydrogen-bond donors (Lipinski definition) is 3.